The number of benzene rings is 3. The molecule has 0 heterocycles. The highest BCUT2D eigenvalue weighted by Crippen LogP contribution is 2.24. The Morgan fingerprint density at radius 1 is 1.11 bits per heavy atom. The highest BCUT2D eigenvalue weighted by molar-refractivity contribution is 6.01. The fourth-order valence-corrected chi connectivity index (χ4v) is 2.70. The lowest BCUT2D eigenvalue weighted by Gasteiger charge is -2.08. The first-order valence-electron chi connectivity index (χ1n) is 9.31. The predicted octanol–water partition coefficient (Wildman–Crippen LogP) is 4.73. The van der Waals surface area contributed by atoms with Gasteiger partial charge in [0.15, 0.2) is 0 Å². The fraction of sp³-hybridized carbons (Fsp3) is 0.217. The van der Waals surface area contributed by atoms with Crippen molar-refractivity contribution in [3.8, 4) is 11.5 Å². The van der Waals surface area contributed by atoms with Crippen LogP contribution in [0.3, 0.4) is 0 Å². The van der Waals surface area contributed by atoms with Crippen molar-refractivity contribution in [1.82, 2.24) is 5.43 Å². The van der Waals surface area contributed by atoms with E-state index in [4.69, 9.17) is 4.74 Å². The number of fused-ring (bicyclic) bond motifs is 1. The number of phenolic OH excluding ortho intramolecular Hbond substituents is 1. The number of aromatic hydroxyl groups is 1. The van der Waals surface area contributed by atoms with Crippen LogP contribution in [0.5, 0.6) is 11.5 Å². The van der Waals surface area contributed by atoms with Gasteiger partial charge in [-0.25, -0.2) is 5.43 Å². The Bertz CT molecular complexity index is 979. The van der Waals surface area contributed by atoms with Gasteiger partial charge in [-0.1, -0.05) is 38.1 Å². The van der Waals surface area contributed by atoms with Gasteiger partial charge >= 0.3 is 0 Å². The molecule has 0 aliphatic rings. The molecule has 5 heteroatoms. The first-order valence-corrected chi connectivity index (χ1v) is 9.31. The fourth-order valence-electron chi connectivity index (χ4n) is 2.70. The van der Waals surface area contributed by atoms with Gasteiger partial charge in [-0.3, -0.25) is 4.79 Å². The second-order valence-electron chi connectivity index (χ2n) is 7.02. The molecular weight excluding hydrogens is 352 g/mol. The van der Waals surface area contributed by atoms with Crippen LogP contribution in [0.4, 0.5) is 0 Å². The zero-order valence-corrected chi connectivity index (χ0v) is 16.1. The maximum absolute atomic E-state index is 12.3. The van der Waals surface area contributed by atoms with E-state index in [0.717, 1.165) is 28.5 Å². The van der Waals surface area contributed by atoms with Gasteiger partial charge in [-0.05, 0) is 65.1 Å². The minimum absolute atomic E-state index is 0.0747. The maximum Gasteiger partial charge on any atom is 0.275 e. The molecule has 3 rings (SSSR count). The third kappa shape index (κ3) is 5.10. The third-order valence-corrected chi connectivity index (χ3v) is 4.33. The lowest BCUT2D eigenvalue weighted by molar-refractivity contribution is 0.0952. The first-order chi connectivity index (χ1) is 13.5. The zero-order chi connectivity index (χ0) is 19.9. The minimum Gasteiger partial charge on any atom is -0.507 e. The monoisotopic (exact) mass is 376 g/mol. The summed E-state index contributed by atoms with van der Waals surface area (Å²) in [5, 5.41) is 15.8. The number of hydrazone groups is 1. The first kappa shape index (κ1) is 19.4. The third-order valence-electron chi connectivity index (χ3n) is 4.33. The SMILES string of the molecule is CC(C)CCOc1ccc(/C=N/NC(=O)c2cc3ccccc3cc2O)cc1. The Balaban J connectivity index is 1.60. The van der Waals surface area contributed by atoms with Crippen molar-refractivity contribution in [3.05, 3.63) is 71.8 Å². The molecule has 5 nitrogen and oxygen atoms in total. The molecule has 0 aliphatic carbocycles. The van der Waals surface area contributed by atoms with E-state index in [2.05, 4.69) is 24.4 Å². The molecule has 0 bridgehead atoms. The number of nitrogens with zero attached hydrogens (tertiary/aromatic N) is 1. The average molecular weight is 376 g/mol. The summed E-state index contributed by atoms with van der Waals surface area (Å²) in [6, 6.07) is 18.2. The van der Waals surface area contributed by atoms with Gasteiger partial charge in [0.1, 0.15) is 11.5 Å². The quantitative estimate of drug-likeness (QED) is 0.462. The van der Waals surface area contributed by atoms with E-state index in [-0.39, 0.29) is 11.3 Å². The van der Waals surface area contributed by atoms with Crippen molar-refractivity contribution in [2.24, 2.45) is 11.0 Å². The number of hydrogen-bond donors (Lipinski definition) is 2. The number of carbonyl (C=O) groups excluding carboxylic acids is 1. The molecule has 2 N–H and O–H groups in total. The zero-order valence-electron chi connectivity index (χ0n) is 16.1. The summed E-state index contributed by atoms with van der Waals surface area (Å²) in [6.45, 7) is 5.01. The predicted molar refractivity (Wildman–Crippen MR) is 112 cm³/mol. The molecule has 0 spiro atoms. The van der Waals surface area contributed by atoms with E-state index < -0.39 is 5.91 Å². The summed E-state index contributed by atoms with van der Waals surface area (Å²) < 4.78 is 5.68. The number of nitrogens with one attached hydrogen (secondary N) is 1. The number of phenols is 1. The summed E-state index contributed by atoms with van der Waals surface area (Å²) in [6.07, 6.45) is 2.56. The van der Waals surface area contributed by atoms with Crippen LogP contribution >= 0.6 is 0 Å². The Kier molecular flexibility index (Phi) is 6.27. The molecule has 3 aromatic carbocycles. The van der Waals surface area contributed by atoms with Gasteiger partial charge in [0, 0.05) is 0 Å². The highest BCUT2D eigenvalue weighted by Gasteiger charge is 2.11. The van der Waals surface area contributed by atoms with Crippen LogP contribution in [-0.4, -0.2) is 23.8 Å². The highest BCUT2D eigenvalue weighted by atomic mass is 16.5. The summed E-state index contributed by atoms with van der Waals surface area (Å²) in [4.78, 5) is 12.3. The van der Waals surface area contributed by atoms with Crippen molar-refractivity contribution in [3.63, 3.8) is 0 Å². The molecule has 0 fully saturated rings. The van der Waals surface area contributed by atoms with Crippen LogP contribution in [0.1, 0.15) is 36.2 Å². The number of ether oxygens (including phenoxy) is 1. The van der Waals surface area contributed by atoms with Crippen LogP contribution in [-0.2, 0) is 0 Å². The molecule has 144 valence electrons. The van der Waals surface area contributed by atoms with E-state index in [1.54, 1.807) is 18.3 Å². The lowest BCUT2D eigenvalue weighted by Crippen LogP contribution is -2.17. The second-order valence-corrected chi connectivity index (χ2v) is 7.02. The van der Waals surface area contributed by atoms with Crippen LogP contribution in [0.15, 0.2) is 65.8 Å². The van der Waals surface area contributed by atoms with E-state index in [1.165, 1.54) is 0 Å². The molecule has 0 aliphatic heterocycles. The van der Waals surface area contributed by atoms with Gasteiger partial charge in [-0.2, -0.15) is 5.10 Å². The standard InChI is InChI=1S/C23H24N2O3/c1-16(2)11-12-28-20-9-7-17(8-10-20)15-24-25-23(27)21-13-18-5-3-4-6-19(18)14-22(21)26/h3-10,13-16,26H,11-12H2,1-2H3,(H,25,27)/b24-15+. The van der Waals surface area contributed by atoms with Crippen molar-refractivity contribution in [1.29, 1.82) is 0 Å². The number of rotatable bonds is 7. The van der Waals surface area contributed by atoms with Crippen molar-refractivity contribution in [2.45, 2.75) is 20.3 Å². The number of amides is 1. The smallest absolute Gasteiger partial charge is 0.275 e. The Labute approximate surface area is 164 Å². The number of hydrogen-bond acceptors (Lipinski definition) is 4. The number of carbonyl (C=O) groups is 1. The molecule has 0 saturated carbocycles. The van der Waals surface area contributed by atoms with Gasteiger partial charge in [0.2, 0.25) is 0 Å². The summed E-state index contributed by atoms with van der Waals surface area (Å²) in [5.74, 6) is 0.877. The summed E-state index contributed by atoms with van der Waals surface area (Å²) in [5.41, 5.74) is 3.47. The summed E-state index contributed by atoms with van der Waals surface area (Å²) in [7, 11) is 0. The van der Waals surface area contributed by atoms with Crippen LogP contribution in [0.2, 0.25) is 0 Å². The van der Waals surface area contributed by atoms with Crippen molar-refractivity contribution in [2.75, 3.05) is 6.61 Å². The van der Waals surface area contributed by atoms with Gasteiger partial charge < -0.3 is 9.84 Å². The molecular formula is C23H24N2O3. The molecule has 0 unspecified atom stereocenters. The average Bonchev–Trinajstić information content (AvgIpc) is 2.68. The molecule has 0 saturated heterocycles. The van der Waals surface area contributed by atoms with Crippen LogP contribution < -0.4 is 10.2 Å². The molecule has 0 atom stereocenters. The molecule has 0 radical (unpaired) electrons. The maximum atomic E-state index is 12.3. The Morgan fingerprint density at radius 2 is 1.79 bits per heavy atom. The second kappa shape index (κ2) is 9.04. The summed E-state index contributed by atoms with van der Waals surface area (Å²) >= 11 is 0. The van der Waals surface area contributed by atoms with Gasteiger partial charge in [0.05, 0.1) is 18.4 Å². The Morgan fingerprint density at radius 3 is 2.46 bits per heavy atom. The lowest BCUT2D eigenvalue weighted by atomic mass is 10.1. The van der Waals surface area contributed by atoms with E-state index in [0.29, 0.717) is 12.5 Å². The topological polar surface area (TPSA) is 70.9 Å². The van der Waals surface area contributed by atoms with E-state index in [9.17, 15) is 9.90 Å². The van der Waals surface area contributed by atoms with E-state index >= 15 is 0 Å². The largest absolute Gasteiger partial charge is 0.507 e. The van der Waals surface area contributed by atoms with Crippen LogP contribution in [0, 0.1) is 5.92 Å². The Hall–Kier alpha value is -3.34. The van der Waals surface area contributed by atoms with E-state index in [1.807, 2.05) is 48.5 Å². The van der Waals surface area contributed by atoms with Crippen molar-refractivity contribution < 1.29 is 14.6 Å². The molecule has 1 amide bonds. The molecule has 28 heavy (non-hydrogen) atoms. The molecule has 0 aromatic heterocycles. The van der Waals surface area contributed by atoms with Crippen LogP contribution in [0.25, 0.3) is 10.8 Å². The van der Waals surface area contributed by atoms with Gasteiger partial charge in [-0.15, -0.1) is 0 Å². The van der Waals surface area contributed by atoms with Gasteiger partial charge in [0.25, 0.3) is 5.91 Å². The van der Waals surface area contributed by atoms with Crippen molar-refractivity contribution >= 4 is 22.9 Å². The normalized spacial score (nSPS) is 11.2. The minimum atomic E-state index is -0.465. The molecule has 3 aromatic rings.